The fourth-order valence-electron chi connectivity index (χ4n) is 4.00. The molecule has 2 aromatic rings. The molecule has 1 aliphatic carbocycles. The van der Waals surface area contributed by atoms with Gasteiger partial charge in [0.25, 0.3) is 0 Å². The maximum Gasteiger partial charge on any atom is 0.217 e. The molecule has 166 valence electrons. The second-order valence-corrected chi connectivity index (χ2v) is 8.45. The maximum atomic E-state index is 13.5. The molecule has 0 radical (unpaired) electrons. The molecule has 0 aliphatic heterocycles. The number of carbonyl (C=O) groups is 2. The first-order valence-electron chi connectivity index (χ1n) is 10.4. The Bertz CT molecular complexity index is 957. The molecule has 0 bridgehead atoms. The third-order valence-electron chi connectivity index (χ3n) is 5.60. The molecule has 0 fully saturated rings. The molecule has 3 N–H and O–H groups in total. The SMILES string of the molecule is CC(=O)NC(Cc1cc(F)cc(F)c1)C(O)CNC1C(=O)Cc2ccc(C(C)C)cc21. The van der Waals surface area contributed by atoms with Gasteiger partial charge >= 0.3 is 0 Å². The monoisotopic (exact) mass is 430 g/mol. The Kier molecular flexibility index (Phi) is 7.18. The average Bonchev–Trinajstić information content (AvgIpc) is 2.98. The number of aliphatic hydroxyl groups excluding tert-OH is 1. The number of Topliss-reactive ketones (excluding diaryl/α,β-unsaturated/α-hetero) is 1. The van der Waals surface area contributed by atoms with Gasteiger partial charge in [-0.3, -0.25) is 9.59 Å². The summed E-state index contributed by atoms with van der Waals surface area (Å²) in [5.41, 5.74) is 3.32. The van der Waals surface area contributed by atoms with E-state index < -0.39 is 29.8 Å². The van der Waals surface area contributed by atoms with E-state index in [1.165, 1.54) is 19.1 Å². The van der Waals surface area contributed by atoms with Crippen molar-refractivity contribution in [2.75, 3.05) is 6.54 Å². The number of amides is 1. The molecule has 3 unspecified atom stereocenters. The minimum atomic E-state index is -1.07. The number of fused-ring (bicyclic) bond motifs is 1. The van der Waals surface area contributed by atoms with Crippen LogP contribution in [-0.4, -0.2) is 35.5 Å². The third kappa shape index (κ3) is 5.74. The molecule has 1 amide bonds. The van der Waals surface area contributed by atoms with E-state index in [2.05, 4.69) is 24.5 Å². The van der Waals surface area contributed by atoms with Gasteiger partial charge < -0.3 is 15.7 Å². The minimum Gasteiger partial charge on any atom is -0.390 e. The van der Waals surface area contributed by atoms with Crippen molar-refractivity contribution in [2.24, 2.45) is 0 Å². The van der Waals surface area contributed by atoms with Crippen LogP contribution in [0.3, 0.4) is 0 Å². The lowest BCUT2D eigenvalue weighted by atomic mass is 9.97. The molecule has 3 atom stereocenters. The van der Waals surface area contributed by atoms with E-state index in [1.807, 2.05) is 18.2 Å². The number of nitrogens with one attached hydrogen (secondary N) is 2. The summed E-state index contributed by atoms with van der Waals surface area (Å²) in [7, 11) is 0. The zero-order chi connectivity index (χ0) is 22.7. The Balaban J connectivity index is 1.72. The predicted molar refractivity (Wildman–Crippen MR) is 114 cm³/mol. The fourth-order valence-corrected chi connectivity index (χ4v) is 4.00. The summed E-state index contributed by atoms with van der Waals surface area (Å²) in [4.78, 5) is 24.2. The van der Waals surface area contributed by atoms with Crippen LogP contribution in [0.4, 0.5) is 8.78 Å². The van der Waals surface area contributed by atoms with E-state index in [4.69, 9.17) is 0 Å². The van der Waals surface area contributed by atoms with Crippen LogP contribution in [0.25, 0.3) is 0 Å². The highest BCUT2D eigenvalue weighted by Gasteiger charge is 2.32. The molecular formula is C24H28F2N2O3. The van der Waals surface area contributed by atoms with Crippen molar-refractivity contribution in [2.45, 2.75) is 57.7 Å². The van der Waals surface area contributed by atoms with E-state index in [0.29, 0.717) is 17.9 Å². The van der Waals surface area contributed by atoms with Crippen molar-refractivity contribution in [1.82, 2.24) is 10.6 Å². The average molecular weight is 430 g/mol. The molecule has 31 heavy (non-hydrogen) atoms. The minimum absolute atomic E-state index is 0.0198. The lowest BCUT2D eigenvalue weighted by molar-refractivity contribution is -0.121. The molecule has 2 aromatic carbocycles. The maximum absolute atomic E-state index is 13.5. The summed E-state index contributed by atoms with van der Waals surface area (Å²) in [6.45, 7) is 5.50. The zero-order valence-corrected chi connectivity index (χ0v) is 17.9. The summed E-state index contributed by atoms with van der Waals surface area (Å²) in [6.07, 6.45) is -0.691. The zero-order valence-electron chi connectivity index (χ0n) is 17.9. The van der Waals surface area contributed by atoms with Crippen LogP contribution in [0.15, 0.2) is 36.4 Å². The summed E-state index contributed by atoms with van der Waals surface area (Å²) >= 11 is 0. The highest BCUT2D eigenvalue weighted by molar-refractivity contribution is 5.92. The van der Waals surface area contributed by atoms with Crippen molar-refractivity contribution in [3.05, 3.63) is 70.3 Å². The number of carbonyl (C=O) groups excluding carboxylic acids is 2. The van der Waals surface area contributed by atoms with Gasteiger partial charge in [-0.05, 0) is 46.7 Å². The molecule has 0 heterocycles. The van der Waals surface area contributed by atoms with Gasteiger partial charge in [0.05, 0.1) is 18.2 Å². The molecule has 1 aliphatic rings. The highest BCUT2D eigenvalue weighted by atomic mass is 19.1. The predicted octanol–water partition coefficient (Wildman–Crippen LogP) is 2.95. The number of rotatable bonds is 8. The van der Waals surface area contributed by atoms with Crippen molar-refractivity contribution >= 4 is 11.7 Å². The van der Waals surface area contributed by atoms with E-state index >= 15 is 0 Å². The molecule has 0 aromatic heterocycles. The van der Waals surface area contributed by atoms with Crippen molar-refractivity contribution < 1.29 is 23.5 Å². The van der Waals surface area contributed by atoms with Gasteiger partial charge in [0, 0.05) is 26.0 Å². The lowest BCUT2D eigenvalue weighted by Crippen LogP contribution is -2.49. The van der Waals surface area contributed by atoms with Gasteiger partial charge in [-0.15, -0.1) is 0 Å². The van der Waals surface area contributed by atoms with Crippen molar-refractivity contribution in [3.63, 3.8) is 0 Å². The molecular weight excluding hydrogens is 402 g/mol. The Morgan fingerprint density at radius 2 is 1.84 bits per heavy atom. The standard InChI is InChI=1S/C24H28F2N2O3/c1-13(2)16-4-5-17-10-22(30)24(20(17)9-16)27-12-23(31)21(28-14(3)29)8-15-6-18(25)11-19(26)7-15/h4-7,9,11,13,21,23-24,27,31H,8,10,12H2,1-3H3,(H,28,29). The summed E-state index contributed by atoms with van der Waals surface area (Å²) in [5.74, 6) is -1.48. The Morgan fingerprint density at radius 1 is 1.16 bits per heavy atom. The van der Waals surface area contributed by atoms with Crippen molar-refractivity contribution in [1.29, 1.82) is 0 Å². The van der Waals surface area contributed by atoms with Gasteiger partial charge in [0.2, 0.25) is 5.91 Å². The van der Waals surface area contributed by atoms with Crippen LogP contribution in [0.2, 0.25) is 0 Å². The first kappa shape index (κ1) is 23.0. The molecule has 0 saturated heterocycles. The number of hydrogen-bond donors (Lipinski definition) is 3. The summed E-state index contributed by atoms with van der Waals surface area (Å²) in [5, 5.41) is 16.5. The summed E-state index contributed by atoms with van der Waals surface area (Å²) in [6, 6.07) is 7.82. The highest BCUT2D eigenvalue weighted by Crippen LogP contribution is 2.31. The van der Waals surface area contributed by atoms with E-state index in [1.54, 1.807) is 0 Å². The summed E-state index contributed by atoms with van der Waals surface area (Å²) < 4.78 is 27.1. The third-order valence-corrected chi connectivity index (χ3v) is 5.60. The second kappa shape index (κ2) is 9.66. The van der Waals surface area contributed by atoms with Crippen LogP contribution in [0, 0.1) is 11.6 Å². The number of benzene rings is 2. The van der Waals surface area contributed by atoms with Gasteiger partial charge in [-0.2, -0.15) is 0 Å². The topological polar surface area (TPSA) is 78.4 Å². The first-order chi connectivity index (χ1) is 14.6. The normalized spacial score (nSPS) is 17.5. The Hall–Kier alpha value is -2.64. The quantitative estimate of drug-likeness (QED) is 0.602. The van der Waals surface area contributed by atoms with Crippen LogP contribution in [0.1, 0.15) is 55.0 Å². The molecule has 7 heteroatoms. The van der Waals surface area contributed by atoms with Crippen LogP contribution < -0.4 is 10.6 Å². The lowest BCUT2D eigenvalue weighted by Gasteiger charge is -2.25. The van der Waals surface area contributed by atoms with Crippen molar-refractivity contribution in [3.8, 4) is 0 Å². The Labute approximate surface area is 180 Å². The molecule has 5 nitrogen and oxygen atoms in total. The molecule has 0 saturated carbocycles. The molecule has 3 rings (SSSR count). The second-order valence-electron chi connectivity index (χ2n) is 8.45. The van der Waals surface area contributed by atoms with Crippen LogP contribution >= 0.6 is 0 Å². The van der Waals surface area contributed by atoms with Gasteiger partial charge in [-0.25, -0.2) is 8.78 Å². The fraction of sp³-hybridized carbons (Fsp3) is 0.417. The van der Waals surface area contributed by atoms with E-state index in [-0.39, 0.29) is 24.7 Å². The van der Waals surface area contributed by atoms with E-state index in [9.17, 15) is 23.5 Å². The Morgan fingerprint density at radius 3 is 2.45 bits per heavy atom. The van der Waals surface area contributed by atoms with Gasteiger partial charge in [0.15, 0.2) is 5.78 Å². The first-order valence-corrected chi connectivity index (χ1v) is 10.4. The van der Waals surface area contributed by atoms with Crippen LogP contribution in [-0.2, 0) is 22.4 Å². The van der Waals surface area contributed by atoms with E-state index in [0.717, 1.165) is 22.8 Å². The van der Waals surface area contributed by atoms with Crippen LogP contribution in [0.5, 0.6) is 0 Å². The number of halogens is 2. The number of ketones is 1. The largest absolute Gasteiger partial charge is 0.390 e. The number of hydrogen-bond acceptors (Lipinski definition) is 4. The smallest absolute Gasteiger partial charge is 0.217 e. The van der Waals surface area contributed by atoms with Gasteiger partial charge in [-0.1, -0.05) is 32.0 Å². The van der Waals surface area contributed by atoms with Gasteiger partial charge in [0.1, 0.15) is 11.6 Å². The molecule has 0 spiro atoms. The number of aliphatic hydroxyl groups is 1.